The maximum atomic E-state index is 11.8. The third-order valence-electron chi connectivity index (χ3n) is 3.21. The Labute approximate surface area is 125 Å². The maximum absolute atomic E-state index is 11.8. The first-order valence-corrected chi connectivity index (χ1v) is 7.26. The van der Waals surface area contributed by atoms with Crippen molar-refractivity contribution in [2.75, 3.05) is 5.73 Å². The molecule has 0 radical (unpaired) electrons. The second-order valence-electron chi connectivity index (χ2n) is 5.85. The Morgan fingerprint density at radius 3 is 2.90 bits per heavy atom. The van der Waals surface area contributed by atoms with Crippen molar-refractivity contribution in [2.24, 2.45) is 5.10 Å². The molecule has 0 aromatic heterocycles. The number of nitrogens with one attached hydrogen (secondary N) is 1. The number of fused-ring (bicyclic) bond motifs is 1. The molecule has 0 bridgehead atoms. The van der Waals surface area contributed by atoms with Gasteiger partial charge in [-0.25, -0.2) is 5.43 Å². The molecule has 0 aliphatic heterocycles. The summed E-state index contributed by atoms with van der Waals surface area (Å²) in [5.74, 6) is -0.111. The molecule has 0 saturated heterocycles. The number of anilines is 1. The minimum atomic E-state index is -0.330. The first-order valence-electron chi connectivity index (χ1n) is 6.82. The minimum absolute atomic E-state index is 0.111. The summed E-state index contributed by atoms with van der Waals surface area (Å²) in [6, 6.07) is 5.85. The van der Waals surface area contributed by atoms with Crippen LogP contribution >= 0.6 is 12.6 Å². The van der Waals surface area contributed by atoms with Crippen LogP contribution in [0.5, 0.6) is 0 Å². The predicted molar refractivity (Wildman–Crippen MR) is 86.2 cm³/mol. The van der Waals surface area contributed by atoms with E-state index in [1.807, 2.05) is 32.0 Å². The number of nitrogen functional groups attached to an aromatic ring is 1. The number of benzene rings is 1. The molecule has 0 atom stereocenters. The van der Waals surface area contributed by atoms with E-state index in [-0.39, 0.29) is 10.7 Å². The average Bonchev–Trinajstić information content (AvgIpc) is 2.33. The SMILES string of the molecule is CC(C)(S)CC(=O)N/N=C1\CCCc2cc(N)ccc21. The summed E-state index contributed by atoms with van der Waals surface area (Å²) < 4.78 is -0.330. The first-order chi connectivity index (χ1) is 9.35. The van der Waals surface area contributed by atoms with E-state index >= 15 is 0 Å². The van der Waals surface area contributed by atoms with Crippen LogP contribution in [0.15, 0.2) is 23.3 Å². The average molecular weight is 291 g/mol. The Bertz CT molecular complexity index is 547. The second-order valence-corrected chi connectivity index (χ2v) is 7.06. The highest BCUT2D eigenvalue weighted by molar-refractivity contribution is 7.81. The molecular formula is C15H21N3OS. The quantitative estimate of drug-likeness (QED) is 0.455. The van der Waals surface area contributed by atoms with Crippen LogP contribution in [-0.4, -0.2) is 16.4 Å². The van der Waals surface area contributed by atoms with Crippen LogP contribution in [0.25, 0.3) is 0 Å². The van der Waals surface area contributed by atoms with Gasteiger partial charge in [0.05, 0.1) is 5.71 Å². The van der Waals surface area contributed by atoms with E-state index in [0.717, 1.165) is 36.2 Å². The van der Waals surface area contributed by atoms with E-state index in [2.05, 4.69) is 23.2 Å². The van der Waals surface area contributed by atoms with E-state index in [1.165, 1.54) is 5.56 Å². The van der Waals surface area contributed by atoms with E-state index in [1.54, 1.807) is 0 Å². The van der Waals surface area contributed by atoms with Crippen molar-refractivity contribution < 1.29 is 4.79 Å². The number of rotatable bonds is 3. The number of thiol groups is 1. The number of carbonyl (C=O) groups is 1. The zero-order valence-electron chi connectivity index (χ0n) is 11.9. The molecule has 1 aliphatic carbocycles. The third-order valence-corrected chi connectivity index (χ3v) is 3.37. The number of hydrogen-bond acceptors (Lipinski definition) is 4. The molecule has 0 unspecified atom stereocenters. The van der Waals surface area contributed by atoms with Crippen LogP contribution in [-0.2, 0) is 11.2 Å². The fourth-order valence-electron chi connectivity index (χ4n) is 2.36. The summed E-state index contributed by atoms with van der Waals surface area (Å²) in [7, 11) is 0. The van der Waals surface area contributed by atoms with Crippen molar-refractivity contribution in [1.29, 1.82) is 0 Å². The Morgan fingerprint density at radius 1 is 1.45 bits per heavy atom. The normalized spacial score (nSPS) is 16.9. The van der Waals surface area contributed by atoms with Crippen LogP contribution in [0.1, 0.15) is 44.2 Å². The molecule has 1 aromatic rings. The third kappa shape index (κ3) is 4.00. The van der Waals surface area contributed by atoms with E-state index < -0.39 is 0 Å². The van der Waals surface area contributed by atoms with Gasteiger partial charge < -0.3 is 5.73 Å². The molecule has 1 amide bonds. The highest BCUT2D eigenvalue weighted by Crippen LogP contribution is 2.23. The first kappa shape index (κ1) is 14.9. The molecule has 5 heteroatoms. The van der Waals surface area contributed by atoms with Gasteiger partial charge in [0.15, 0.2) is 0 Å². The van der Waals surface area contributed by atoms with Crippen molar-refractivity contribution >= 4 is 29.9 Å². The molecule has 1 aliphatic rings. The van der Waals surface area contributed by atoms with Gasteiger partial charge in [-0.1, -0.05) is 19.9 Å². The topological polar surface area (TPSA) is 67.5 Å². The summed E-state index contributed by atoms with van der Waals surface area (Å²) in [6.45, 7) is 3.81. The van der Waals surface area contributed by atoms with Crippen molar-refractivity contribution in [3.8, 4) is 0 Å². The van der Waals surface area contributed by atoms with Gasteiger partial charge >= 0.3 is 0 Å². The molecule has 0 heterocycles. The van der Waals surface area contributed by atoms with Crippen molar-refractivity contribution in [1.82, 2.24) is 5.43 Å². The monoisotopic (exact) mass is 291 g/mol. The summed E-state index contributed by atoms with van der Waals surface area (Å²) in [6.07, 6.45) is 3.25. The molecule has 0 saturated carbocycles. The molecule has 2 rings (SSSR count). The lowest BCUT2D eigenvalue weighted by Crippen LogP contribution is -2.27. The van der Waals surface area contributed by atoms with Crippen molar-refractivity contribution in [2.45, 2.75) is 44.3 Å². The van der Waals surface area contributed by atoms with Gasteiger partial charge in [-0.05, 0) is 37.0 Å². The summed E-state index contributed by atoms with van der Waals surface area (Å²) in [5.41, 5.74) is 12.4. The van der Waals surface area contributed by atoms with E-state index in [4.69, 9.17) is 5.73 Å². The van der Waals surface area contributed by atoms with Crippen LogP contribution in [0.4, 0.5) is 5.69 Å². The maximum Gasteiger partial charge on any atom is 0.241 e. The lowest BCUT2D eigenvalue weighted by molar-refractivity contribution is -0.121. The van der Waals surface area contributed by atoms with Crippen molar-refractivity contribution in [3.05, 3.63) is 29.3 Å². The number of hydrogen-bond donors (Lipinski definition) is 3. The number of aryl methyl sites for hydroxylation is 1. The zero-order valence-corrected chi connectivity index (χ0v) is 12.8. The van der Waals surface area contributed by atoms with Gasteiger partial charge in [0.25, 0.3) is 0 Å². The van der Waals surface area contributed by atoms with Gasteiger partial charge in [0.1, 0.15) is 0 Å². The fourth-order valence-corrected chi connectivity index (χ4v) is 2.50. The smallest absolute Gasteiger partial charge is 0.241 e. The Balaban J connectivity index is 2.11. The molecular weight excluding hydrogens is 270 g/mol. The summed E-state index contributed by atoms with van der Waals surface area (Å²) in [5, 5.41) is 4.28. The summed E-state index contributed by atoms with van der Waals surface area (Å²) in [4.78, 5) is 11.8. The standard InChI is InChI=1S/C15H21N3OS/c1-15(2,20)9-14(19)18-17-13-5-3-4-10-8-11(16)6-7-12(10)13/h6-8,20H,3-5,9,16H2,1-2H3,(H,18,19)/b17-13+. The molecule has 20 heavy (non-hydrogen) atoms. The molecule has 3 N–H and O–H groups in total. The fraction of sp³-hybridized carbons (Fsp3) is 0.467. The number of carbonyl (C=O) groups excluding carboxylic acids is 1. The molecule has 4 nitrogen and oxygen atoms in total. The van der Waals surface area contributed by atoms with Crippen molar-refractivity contribution in [3.63, 3.8) is 0 Å². The Morgan fingerprint density at radius 2 is 2.20 bits per heavy atom. The predicted octanol–water partition coefficient (Wildman–Crippen LogP) is 2.52. The van der Waals surface area contributed by atoms with Crippen LogP contribution in [0.3, 0.4) is 0 Å². The van der Waals surface area contributed by atoms with Gasteiger partial charge in [-0.3, -0.25) is 4.79 Å². The minimum Gasteiger partial charge on any atom is -0.399 e. The Hall–Kier alpha value is -1.49. The number of nitrogens with zero attached hydrogens (tertiary/aromatic N) is 1. The van der Waals surface area contributed by atoms with Gasteiger partial charge in [-0.2, -0.15) is 17.7 Å². The highest BCUT2D eigenvalue weighted by Gasteiger charge is 2.18. The van der Waals surface area contributed by atoms with Gasteiger partial charge in [-0.15, -0.1) is 0 Å². The zero-order chi connectivity index (χ0) is 14.8. The Kier molecular flexibility index (Phi) is 4.38. The van der Waals surface area contributed by atoms with Gasteiger partial charge in [0.2, 0.25) is 5.91 Å². The largest absolute Gasteiger partial charge is 0.399 e. The number of hydrazone groups is 1. The van der Waals surface area contributed by atoms with Crippen LogP contribution in [0, 0.1) is 0 Å². The molecule has 108 valence electrons. The van der Waals surface area contributed by atoms with E-state index in [0.29, 0.717) is 6.42 Å². The number of amides is 1. The number of nitrogens with two attached hydrogens (primary N) is 1. The molecule has 1 aromatic carbocycles. The summed E-state index contributed by atoms with van der Waals surface area (Å²) >= 11 is 4.35. The molecule has 0 spiro atoms. The lowest BCUT2D eigenvalue weighted by Gasteiger charge is -2.19. The lowest BCUT2D eigenvalue weighted by atomic mass is 9.90. The van der Waals surface area contributed by atoms with E-state index in [9.17, 15) is 4.79 Å². The highest BCUT2D eigenvalue weighted by atomic mass is 32.1. The second kappa shape index (κ2) is 5.87. The van der Waals surface area contributed by atoms with Crippen LogP contribution in [0.2, 0.25) is 0 Å². The molecule has 0 fully saturated rings. The van der Waals surface area contributed by atoms with Gasteiger partial charge in [0, 0.05) is 22.4 Å². The van der Waals surface area contributed by atoms with Crippen LogP contribution < -0.4 is 11.2 Å².